The number of hydrogen-bond donors (Lipinski definition) is 1. The van der Waals surface area contributed by atoms with Gasteiger partial charge in [0.2, 0.25) is 0 Å². The van der Waals surface area contributed by atoms with Crippen molar-refractivity contribution in [2.24, 2.45) is 17.8 Å². The number of benzene rings is 1. The molecule has 150 valence electrons. The standard InChI is InChI=1S/C23H32N4O/c1-16(2)12-26-10-8-17-11-19(6-7-21(17)26)24-23(28)27-14-18-13-25-9-4-3-5-22(25)20(18)15-27/h6-8,10-11,16,18,20,22H,3-5,9,12-15H2,1-2H3,(H,24,28)/t18-,20-,22+/m0/s1. The molecule has 28 heavy (non-hydrogen) atoms. The molecule has 2 amide bonds. The van der Waals surface area contributed by atoms with E-state index in [1.807, 2.05) is 6.07 Å². The number of carbonyl (C=O) groups excluding carboxylic acids is 1. The van der Waals surface area contributed by atoms with Crippen LogP contribution in [0.25, 0.3) is 10.9 Å². The van der Waals surface area contributed by atoms with E-state index in [-0.39, 0.29) is 6.03 Å². The van der Waals surface area contributed by atoms with Crippen LogP contribution in [0.2, 0.25) is 0 Å². The van der Waals surface area contributed by atoms with Gasteiger partial charge in [0, 0.05) is 55.0 Å². The second kappa shape index (κ2) is 7.11. The van der Waals surface area contributed by atoms with Crippen LogP contribution >= 0.6 is 0 Å². The van der Waals surface area contributed by atoms with Crippen LogP contribution in [0.5, 0.6) is 0 Å². The third-order valence-corrected chi connectivity index (χ3v) is 6.99. The van der Waals surface area contributed by atoms with Crippen molar-refractivity contribution in [2.75, 3.05) is 31.5 Å². The number of piperidine rings is 1. The van der Waals surface area contributed by atoms with E-state index in [9.17, 15) is 4.79 Å². The fraction of sp³-hybridized carbons (Fsp3) is 0.609. The number of fused-ring (bicyclic) bond motifs is 4. The molecule has 0 unspecified atom stereocenters. The van der Waals surface area contributed by atoms with Gasteiger partial charge in [-0.25, -0.2) is 4.79 Å². The molecule has 1 N–H and O–H groups in total. The van der Waals surface area contributed by atoms with Crippen LogP contribution in [0.4, 0.5) is 10.5 Å². The number of urea groups is 1. The first-order valence-electron chi connectivity index (χ1n) is 11.0. The van der Waals surface area contributed by atoms with Gasteiger partial charge in [-0.05, 0) is 61.4 Å². The van der Waals surface area contributed by atoms with E-state index < -0.39 is 0 Å². The summed E-state index contributed by atoms with van der Waals surface area (Å²) in [6.45, 7) is 9.77. The van der Waals surface area contributed by atoms with Crippen LogP contribution < -0.4 is 5.32 Å². The molecule has 3 aliphatic rings. The molecule has 5 rings (SSSR count). The quantitative estimate of drug-likeness (QED) is 0.865. The van der Waals surface area contributed by atoms with Crippen molar-refractivity contribution in [2.45, 2.75) is 45.7 Å². The smallest absolute Gasteiger partial charge is 0.321 e. The Morgan fingerprint density at radius 2 is 2.07 bits per heavy atom. The van der Waals surface area contributed by atoms with Gasteiger partial charge < -0.3 is 14.8 Å². The van der Waals surface area contributed by atoms with Crippen molar-refractivity contribution < 1.29 is 4.79 Å². The zero-order valence-electron chi connectivity index (χ0n) is 17.1. The van der Waals surface area contributed by atoms with Crippen molar-refractivity contribution in [3.63, 3.8) is 0 Å². The van der Waals surface area contributed by atoms with Crippen molar-refractivity contribution in [1.29, 1.82) is 0 Å². The average molecular weight is 381 g/mol. The highest BCUT2D eigenvalue weighted by Gasteiger charge is 2.48. The Labute approximate surface area is 167 Å². The molecule has 2 aromatic rings. The van der Waals surface area contributed by atoms with Gasteiger partial charge in [-0.15, -0.1) is 0 Å². The van der Waals surface area contributed by atoms with Gasteiger partial charge in [-0.2, -0.15) is 0 Å². The second-order valence-electron chi connectivity index (χ2n) is 9.45. The Morgan fingerprint density at radius 3 is 2.93 bits per heavy atom. The van der Waals surface area contributed by atoms with Gasteiger partial charge >= 0.3 is 6.03 Å². The Hall–Kier alpha value is -2.01. The van der Waals surface area contributed by atoms with Crippen LogP contribution in [0.1, 0.15) is 33.1 Å². The number of likely N-dealkylation sites (tertiary alicyclic amines) is 1. The predicted octanol–water partition coefficient (Wildman–Crippen LogP) is 4.25. The molecule has 0 aliphatic carbocycles. The summed E-state index contributed by atoms with van der Waals surface area (Å²) in [6, 6.07) is 9.20. The van der Waals surface area contributed by atoms with E-state index in [1.54, 1.807) is 0 Å². The molecular weight excluding hydrogens is 348 g/mol. The minimum Gasteiger partial charge on any atom is -0.347 e. The van der Waals surface area contributed by atoms with Crippen LogP contribution in [0.15, 0.2) is 30.5 Å². The summed E-state index contributed by atoms with van der Waals surface area (Å²) in [5, 5.41) is 4.34. The van der Waals surface area contributed by atoms with Gasteiger partial charge in [0.05, 0.1) is 0 Å². The number of anilines is 1. The summed E-state index contributed by atoms with van der Waals surface area (Å²) < 4.78 is 2.29. The van der Waals surface area contributed by atoms with Gasteiger partial charge in [-0.1, -0.05) is 20.3 Å². The Morgan fingerprint density at radius 1 is 1.18 bits per heavy atom. The summed E-state index contributed by atoms with van der Waals surface area (Å²) in [5.41, 5.74) is 2.14. The number of amides is 2. The lowest BCUT2D eigenvalue weighted by molar-refractivity contribution is 0.157. The van der Waals surface area contributed by atoms with Gasteiger partial charge in [0.1, 0.15) is 0 Å². The lowest BCUT2D eigenvalue weighted by Gasteiger charge is -2.33. The first-order chi connectivity index (χ1) is 13.6. The molecule has 0 saturated carbocycles. The third-order valence-electron chi connectivity index (χ3n) is 6.99. The Kier molecular flexibility index (Phi) is 4.58. The molecule has 5 heteroatoms. The molecule has 3 aliphatic heterocycles. The van der Waals surface area contributed by atoms with E-state index in [0.29, 0.717) is 23.8 Å². The van der Waals surface area contributed by atoms with E-state index in [4.69, 9.17) is 0 Å². The normalized spacial score (nSPS) is 27.4. The second-order valence-corrected chi connectivity index (χ2v) is 9.45. The maximum absolute atomic E-state index is 12.9. The number of hydrogen-bond acceptors (Lipinski definition) is 2. The molecule has 5 nitrogen and oxygen atoms in total. The first kappa shape index (κ1) is 18.0. The van der Waals surface area contributed by atoms with Gasteiger partial charge in [0.15, 0.2) is 0 Å². The largest absolute Gasteiger partial charge is 0.347 e. The summed E-state index contributed by atoms with van der Waals surface area (Å²) in [7, 11) is 0. The molecule has 0 radical (unpaired) electrons. The van der Waals surface area contributed by atoms with Crippen molar-refractivity contribution >= 4 is 22.6 Å². The highest BCUT2D eigenvalue weighted by molar-refractivity contribution is 5.93. The molecule has 3 fully saturated rings. The predicted molar refractivity (Wildman–Crippen MR) is 114 cm³/mol. The van der Waals surface area contributed by atoms with Crippen molar-refractivity contribution in [3.8, 4) is 0 Å². The SMILES string of the molecule is CC(C)Cn1ccc2cc(NC(=O)N3C[C@@H]4CN5CCCC[C@@H]5[C@H]4C3)ccc21. The maximum atomic E-state index is 12.9. The third kappa shape index (κ3) is 3.20. The van der Waals surface area contributed by atoms with Crippen molar-refractivity contribution in [1.82, 2.24) is 14.4 Å². The fourth-order valence-electron chi connectivity index (χ4n) is 5.75. The van der Waals surface area contributed by atoms with Gasteiger partial charge in [-0.3, -0.25) is 4.90 Å². The van der Waals surface area contributed by atoms with E-state index in [2.05, 4.69) is 57.9 Å². The Bertz CT molecular complexity index is 873. The number of carbonyl (C=O) groups is 1. The lowest BCUT2D eigenvalue weighted by Crippen LogP contribution is -2.41. The van der Waals surface area contributed by atoms with Crippen molar-refractivity contribution in [3.05, 3.63) is 30.5 Å². The number of nitrogens with zero attached hydrogens (tertiary/aromatic N) is 3. The summed E-state index contributed by atoms with van der Waals surface area (Å²) in [4.78, 5) is 17.6. The van der Waals surface area contributed by atoms with Crippen LogP contribution in [0, 0.1) is 17.8 Å². The summed E-state index contributed by atoms with van der Waals surface area (Å²) in [6.07, 6.45) is 6.17. The highest BCUT2D eigenvalue weighted by Crippen LogP contribution is 2.40. The molecule has 3 saturated heterocycles. The molecule has 3 atom stereocenters. The zero-order valence-corrected chi connectivity index (χ0v) is 17.1. The summed E-state index contributed by atoms with van der Waals surface area (Å²) >= 11 is 0. The molecule has 0 bridgehead atoms. The molecule has 1 aromatic heterocycles. The molecule has 4 heterocycles. The van der Waals surface area contributed by atoms with Crippen LogP contribution in [0.3, 0.4) is 0 Å². The molecule has 0 spiro atoms. The Balaban J connectivity index is 1.25. The minimum absolute atomic E-state index is 0.0673. The van der Waals surface area contributed by atoms with E-state index >= 15 is 0 Å². The number of rotatable bonds is 3. The monoisotopic (exact) mass is 380 g/mol. The zero-order chi connectivity index (χ0) is 19.3. The number of nitrogens with one attached hydrogen (secondary N) is 1. The lowest BCUT2D eigenvalue weighted by atomic mass is 9.90. The van der Waals surface area contributed by atoms with Crippen LogP contribution in [-0.2, 0) is 6.54 Å². The topological polar surface area (TPSA) is 40.5 Å². The molecular formula is C23H32N4O. The van der Waals surface area contributed by atoms with Gasteiger partial charge in [0.25, 0.3) is 0 Å². The average Bonchev–Trinajstić information content (AvgIpc) is 3.34. The van der Waals surface area contributed by atoms with Crippen LogP contribution in [-0.4, -0.2) is 52.6 Å². The van der Waals surface area contributed by atoms with E-state index in [1.165, 1.54) is 43.3 Å². The summed E-state index contributed by atoms with van der Waals surface area (Å²) in [5.74, 6) is 1.96. The highest BCUT2D eigenvalue weighted by atomic mass is 16.2. The minimum atomic E-state index is 0.0673. The maximum Gasteiger partial charge on any atom is 0.321 e. The first-order valence-corrected chi connectivity index (χ1v) is 11.0. The number of aromatic nitrogens is 1. The molecule has 1 aromatic carbocycles. The van der Waals surface area contributed by atoms with E-state index in [0.717, 1.165) is 25.3 Å². The fourth-order valence-corrected chi connectivity index (χ4v) is 5.75.